The van der Waals surface area contributed by atoms with Crippen molar-refractivity contribution in [1.29, 1.82) is 0 Å². The smallest absolute Gasteiger partial charge is 0.311 e. The van der Waals surface area contributed by atoms with E-state index < -0.39 is 6.10 Å². The number of hydrogen-bond acceptors (Lipinski definition) is 7. The van der Waals surface area contributed by atoms with Gasteiger partial charge in [-0.05, 0) is 44.4 Å². The van der Waals surface area contributed by atoms with Crippen molar-refractivity contribution in [2.24, 2.45) is 23.2 Å². The highest BCUT2D eigenvalue weighted by Crippen LogP contribution is 2.70. The lowest BCUT2D eigenvalue weighted by atomic mass is 9.53. The number of epoxide rings is 1. The highest BCUT2D eigenvalue weighted by molar-refractivity contribution is 5.76. The van der Waals surface area contributed by atoms with Crippen LogP contribution < -0.4 is 0 Å². The van der Waals surface area contributed by atoms with Crippen molar-refractivity contribution in [3.8, 4) is 0 Å². The van der Waals surface area contributed by atoms with Crippen LogP contribution in [-0.2, 0) is 25.6 Å². The van der Waals surface area contributed by atoms with Gasteiger partial charge in [-0.25, -0.2) is 0 Å². The molecular formula is C24H35NO6. The molecule has 2 aliphatic carbocycles. The lowest BCUT2D eigenvalue weighted by Crippen LogP contribution is -2.54. The van der Waals surface area contributed by atoms with E-state index >= 15 is 0 Å². The predicted molar refractivity (Wildman–Crippen MR) is 112 cm³/mol. The van der Waals surface area contributed by atoms with Crippen LogP contribution in [0.3, 0.4) is 0 Å². The van der Waals surface area contributed by atoms with Crippen molar-refractivity contribution < 1.29 is 28.5 Å². The van der Waals surface area contributed by atoms with Crippen LogP contribution in [0.15, 0.2) is 22.8 Å². The number of likely N-dealkylation sites (N-methyl/N-ethyl adjacent to an activating group) is 1. The third-order valence-corrected chi connectivity index (χ3v) is 8.36. The summed E-state index contributed by atoms with van der Waals surface area (Å²) in [7, 11) is 1.94. The summed E-state index contributed by atoms with van der Waals surface area (Å²) in [5.74, 6) is 1.08. The van der Waals surface area contributed by atoms with Crippen molar-refractivity contribution in [2.75, 3.05) is 26.7 Å². The van der Waals surface area contributed by atoms with Gasteiger partial charge < -0.3 is 28.6 Å². The Kier molecular flexibility index (Phi) is 5.44. The number of ether oxygens (including phenoxy) is 3. The molecule has 0 amide bonds. The van der Waals surface area contributed by atoms with Crippen molar-refractivity contribution in [3.05, 3.63) is 24.2 Å². The van der Waals surface area contributed by atoms with E-state index in [1.807, 2.05) is 24.1 Å². The van der Waals surface area contributed by atoms with Gasteiger partial charge in [-0.1, -0.05) is 20.3 Å². The zero-order chi connectivity index (χ0) is 21.8. The molecule has 31 heavy (non-hydrogen) atoms. The van der Waals surface area contributed by atoms with Crippen molar-refractivity contribution >= 4 is 5.97 Å². The number of aliphatic hydroxyl groups excluding tert-OH is 1. The van der Waals surface area contributed by atoms with Gasteiger partial charge >= 0.3 is 5.97 Å². The average molecular weight is 434 g/mol. The largest absolute Gasteiger partial charge is 0.467 e. The molecule has 0 aromatic carbocycles. The van der Waals surface area contributed by atoms with Gasteiger partial charge in [0.1, 0.15) is 24.1 Å². The summed E-state index contributed by atoms with van der Waals surface area (Å²) in [4.78, 5) is 14.8. The third kappa shape index (κ3) is 3.54. The standard InChI is InChI=1S/C24H35NO6/c1-15-6-4-8-23(2)10-19-20(21-24(15,23)31-21)18(22(27)30-19)12-25(3)11-16(26)13-28-14-17-7-5-9-29-17/h5,7,9,15-16,18-21,26H,4,6,8,10-14H2,1-3H3. The molecule has 1 aromatic heterocycles. The maximum Gasteiger partial charge on any atom is 0.311 e. The lowest BCUT2D eigenvalue weighted by molar-refractivity contribution is -0.146. The summed E-state index contributed by atoms with van der Waals surface area (Å²) in [6.07, 6.45) is 5.55. The third-order valence-electron chi connectivity index (χ3n) is 8.36. The first-order valence-electron chi connectivity index (χ1n) is 11.7. The maximum atomic E-state index is 12.8. The minimum absolute atomic E-state index is 0.0385. The van der Waals surface area contributed by atoms with E-state index in [0.717, 1.165) is 18.6 Å². The van der Waals surface area contributed by atoms with Crippen LogP contribution in [0.1, 0.15) is 45.3 Å². The van der Waals surface area contributed by atoms with Gasteiger partial charge in [-0.2, -0.15) is 0 Å². The number of fused-ring (bicyclic) bond motifs is 2. The Morgan fingerprint density at radius 3 is 3.03 bits per heavy atom. The molecule has 2 aliphatic heterocycles. The summed E-state index contributed by atoms with van der Waals surface area (Å²) in [6, 6.07) is 3.65. The molecule has 1 N–H and O–H groups in total. The van der Waals surface area contributed by atoms with E-state index in [4.69, 9.17) is 18.6 Å². The molecule has 5 rings (SSSR count). The zero-order valence-electron chi connectivity index (χ0n) is 18.8. The van der Waals surface area contributed by atoms with Crippen molar-refractivity contribution in [1.82, 2.24) is 4.90 Å². The lowest BCUT2D eigenvalue weighted by Gasteiger charge is -2.49. The normalized spacial score (nSPS) is 42.0. The topological polar surface area (TPSA) is 84.7 Å². The number of esters is 1. The number of carbonyl (C=O) groups is 1. The van der Waals surface area contributed by atoms with E-state index in [1.54, 1.807) is 6.26 Å². The number of furan rings is 1. The second-order valence-electron chi connectivity index (χ2n) is 10.5. The van der Waals surface area contributed by atoms with Crippen molar-refractivity contribution in [2.45, 2.75) is 70.1 Å². The Bertz CT molecular complexity index is 798. The summed E-state index contributed by atoms with van der Waals surface area (Å²) in [5.41, 5.74) is 0.0372. The number of rotatable bonds is 8. The van der Waals surface area contributed by atoms with Crippen LogP contribution in [0.2, 0.25) is 0 Å². The molecule has 1 spiro atoms. The summed E-state index contributed by atoms with van der Waals surface area (Å²) in [6.45, 7) is 6.21. The van der Waals surface area contributed by atoms with E-state index in [0.29, 0.717) is 25.6 Å². The first-order chi connectivity index (χ1) is 14.8. The second-order valence-corrected chi connectivity index (χ2v) is 10.5. The van der Waals surface area contributed by atoms with Gasteiger partial charge in [0.05, 0.1) is 31.0 Å². The number of aliphatic hydroxyl groups is 1. The van der Waals surface area contributed by atoms with Crippen LogP contribution in [0.5, 0.6) is 0 Å². The molecule has 8 unspecified atom stereocenters. The Labute approximate surface area is 184 Å². The second kappa shape index (κ2) is 7.87. The highest BCUT2D eigenvalue weighted by Gasteiger charge is 2.78. The predicted octanol–water partition coefficient (Wildman–Crippen LogP) is 2.61. The molecule has 4 aliphatic rings. The Balaban J connectivity index is 1.18. The molecule has 2 saturated heterocycles. The Hall–Kier alpha value is -1.41. The molecule has 0 radical (unpaired) electrons. The molecule has 172 valence electrons. The van der Waals surface area contributed by atoms with Crippen LogP contribution in [0.25, 0.3) is 0 Å². The molecule has 0 bridgehead atoms. The van der Waals surface area contributed by atoms with Gasteiger partial charge in [0, 0.05) is 24.4 Å². The summed E-state index contributed by atoms with van der Waals surface area (Å²) in [5, 5.41) is 10.4. The van der Waals surface area contributed by atoms with E-state index in [9.17, 15) is 9.90 Å². The first kappa shape index (κ1) is 21.4. The first-order valence-corrected chi connectivity index (χ1v) is 11.7. The minimum atomic E-state index is -0.635. The van der Waals surface area contributed by atoms with E-state index in [-0.39, 0.29) is 47.6 Å². The Morgan fingerprint density at radius 2 is 2.26 bits per heavy atom. The zero-order valence-corrected chi connectivity index (χ0v) is 18.8. The van der Waals surface area contributed by atoms with Crippen LogP contribution in [0, 0.1) is 23.2 Å². The molecule has 7 nitrogen and oxygen atoms in total. The fraction of sp³-hybridized carbons (Fsp3) is 0.792. The van der Waals surface area contributed by atoms with Crippen LogP contribution in [0.4, 0.5) is 0 Å². The van der Waals surface area contributed by atoms with Crippen LogP contribution >= 0.6 is 0 Å². The number of carbonyl (C=O) groups excluding carboxylic acids is 1. The van der Waals surface area contributed by atoms with Gasteiger partial charge in [-0.3, -0.25) is 4.79 Å². The fourth-order valence-corrected chi connectivity index (χ4v) is 6.96. The Morgan fingerprint density at radius 1 is 1.42 bits per heavy atom. The van der Waals surface area contributed by atoms with Gasteiger partial charge in [-0.15, -0.1) is 0 Å². The molecule has 2 saturated carbocycles. The molecular weight excluding hydrogens is 398 g/mol. The van der Waals surface area contributed by atoms with E-state index in [2.05, 4.69) is 13.8 Å². The minimum Gasteiger partial charge on any atom is -0.467 e. The van der Waals surface area contributed by atoms with Gasteiger partial charge in [0.25, 0.3) is 0 Å². The van der Waals surface area contributed by atoms with E-state index in [1.165, 1.54) is 12.8 Å². The van der Waals surface area contributed by atoms with Crippen LogP contribution in [-0.4, -0.2) is 66.6 Å². The SMILES string of the molecule is CC1CCCC2(C)CC3OC(=O)C(CN(C)CC(O)COCc4ccco4)C3C3OC132. The van der Waals surface area contributed by atoms with Crippen molar-refractivity contribution in [3.63, 3.8) is 0 Å². The molecule has 8 atom stereocenters. The quantitative estimate of drug-likeness (QED) is 0.498. The van der Waals surface area contributed by atoms with Gasteiger partial charge in [0.15, 0.2) is 0 Å². The summed E-state index contributed by atoms with van der Waals surface area (Å²) >= 11 is 0. The fourth-order valence-electron chi connectivity index (χ4n) is 6.96. The highest BCUT2D eigenvalue weighted by atomic mass is 16.6. The van der Waals surface area contributed by atoms with Gasteiger partial charge in [0.2, 0.25) is 0 Å². The molecule has 3 heterocycles. The number of nitrogens with zero attached hydrogens (tertiary/aromatic N) is 1. The maximum absolute atomic E-state index is 12.8. The molecule has 7 heteroatoms. The monoisotopic (exact) mass is 433 g/mol. The number of hydrogen-bond donors (Lipinski definition) is 1. The summed E-state index contributed by atoms with van der Waals surface area (Å²) < 4.78 is 23.2. The molecule has 4 fully saturated rings. The average Bonchev–Trinajstić information content (AvgIpc) is 3.11. The molecule has 1 aromatic rings.